The van der Waals surface area contributed by atoms with Crippen LogP contribution in [-0.2, 0) is 0 Å². The maximum absolute atomic E-state index is 5.54. The minimum absolute atomic E-state index is 0.734. The molecule has 5 nitrogen and oxygen atoms in total. The third kappa shape index (κ3) is 3.25. The first-order valence-electron chi connectivity index (χ1n) is 8.32. The maximum Gasteiger partial charge on any atom is 0.205 e. The molecule has 0 bridgehead atoms. The van der Waals surface area contributed by atoms with Gasteiger partial charge in [0, 0.05) is 18.0 Å². The summed E-state index contributed by atoms with van der Waals surface area (Å²) in [7, 11) is 0. The number of para-hydroxylation sites is 1. The average molecular weight is 340 g/mol. The van der Waals surface area contributed by atoms with Gasteiger partial charge in [0.15, 0.2) is 10.9 Å². The van der Waals surface area contributed by atoms with Crippen molar-refractivity contribution in [3.8, 4) is 17.3 Å². The fourth-order valence-electron chi connectivity index (χ4n) is 3.01. The predicted molar refractivity (Wildman–Crippen MR) is 95.5 cm³/mol. The zero-order valence-corrected chi connectivity index (χ0v) is 14.3. The lowest BCUT2D eigenvalue weighted by Crippen LogP contribution is -2.22. The molecular weight excluding hydrogens is 320 g/mol. The molecule has 1 aliphatic rings. The van der Waals surface area contributed by atoms with Crippen LogP contribution in [0, 0.1) is 0 Å². The van der Waals surface area contributed by atoms with E-state index in [1.165, 1.54) is 25.9 Å². The van der Waals surface area contributed by atoms with Crippen molar-refractivity contribution in [3.05, 3.63) is 48.7 Å². The highest BCUT2D eigenvalue weighted by Gasteiger charge is 2.18. The van der Waals surface area contributed by atoms with Gasteiger partial charge in [-0.05, 0) is 50.2 Å². The predicted octanol–water partition coefficient (Wildman–Crippen LogP) is 3.72. The van der Waals surface area contributed by atoms with E-state index >= 15 is 0 Å². The summed E-state index contributed by atoms with van der Waals surface area (Å²) in [6.45, 7) is 3.55. The first-order valence-corrected chi connectivity index (χ1v) is 9.30. The van der Waals surface area contributed by atoms with Crippen LogP contribution in [-0.4, -0.2) is 45.1 Å². The van der Waals surface area contributed by atoms with Crippen LogP contribution in [0.2, 0.25) is 0 Å². The van der Waals surface area contributed by atoms with Gasteiger partial charge in [0.05, 0.1) is 6.26 Å². The molecule has 1 aliphatic heterocycles. The number of furan rings is 1. The number of likely N-dealkylation sites (tertiary alicyclic amines) is 1. The van der Waals surface area contributed by atoms with Crippen LogP contribution >= 0.6 is 11.8 Å². The summed E-state index contributed by atoms with van der Waals surface area (Å²) in [4.78, 5) is 2.52. The molecule has 2 aromatic heterocycles. The smallest absolute Gasteiger partial charge is 0.205 e. The van der Waals surface area contributed by atoms with Gasteiger partial charge in [-0.2, -0.15) is 0 Å². The number of benzene rings is 1. The fraction of sp³-hybridized carbons (Fsp3) is 0.333. The Morgan fingerprint density at radius 2 is 1.83 bits per heavy atom. The molecule has 4 rings (SSSR count). The molecular formula is C18H20N4OS. The van der Waals surface area contributed by atoms with Crippen LogP contribution in [0.25, 0.3) is 17.3 Å². The fourth-order valence-corrected chi connectivity index (χ4v) is 3.96. The van der Waals surface area contributed by atoms with Crippen molar-refractivity contribution in [1.82, 2.24) is 19.7 Å². The second kappa shape index (κ2) is 7.23. The number of rotatable bonds is 6. The standard InChI is InChI=1S/C18H20N4OS/c1-2-7-15(8-3-1)22-17(16-9-6-13-23-16)19-20-18(22)24-14-12-21-10-4-5-11-21/h1-3,6-9,13H,4-5,10-12,14H2. The van der Waals surface area contributed by atoms with Crippen LogP contribution in [0.3, 0.4) is 0 Å². The molecule has 0 aliphatic carbocycles. The minimum Gasteiger partial charge on any atom is -0.461 e. The summed E-state index contributed by atoms with van der Waals surface area (Å²) in [5.41, 5.74) is 1.05. The molecule has 24 heavy (non-hydrogen) atoms. The number of aromatic nitrogens is 3. The zero-order valence-electron chi connectivity index (χ0n) is 13.5. The molecule has 124 valence electrons. The van der Waals surface area contributed by atoms with Crippen LogP contribution in [0.1, 0.15) is 12.8 Å². The topological polar surface area (TPSA) is 47.1 Å². The normalized spacial score (nSPS) is 15.2. The molecule has 0 saturated carbocycles. The lowest BCUT2D eigenvalue weighted by molar-refractivity contribution is 0.362. The monoisotopic (exact) mass is 340 g/mol. The number of nitrogens with zero attached hydrogens (tertiary/aromatic N) is 4. The lowest BCUT2D eigenvalue weighted by atomic mass is 10.3. The maximum atomic E-state index is 5.54. The Morgan fingerprint density at radius 3 is 2.58 bits per heavy atom. The van der Waals surface area contributed by atoms with E-state index in [1.807, 2.05) is 30.3 Å². The second-order valence-corrected chi connectivity index (χ2v) is 6.91. The molecule has 1 saturated heterocycles. The van der Waals surface area contributed by atoms with Gasteiger partial charge < -0.3 is 9.32 Å². The summed E-state index contributed by atoms with van der Waals surface area (Å²) in [6, 6.07) is 14.0. The molecule has 0 N–H and O–H groups in total. The third-order valence-corrected chi connectivity index (χ3v) is 5.14. The number of thioether (sulfide) groups is 1. The van der Waals surface area contributed by atoms with E-state index in [0.717, 1.165) is 34.7 Å². The Labute approximate surface area is 145 Å². The van der Waals surface area contributed by atoms with Gasteiger partial charge in [0.2, 0.25) is 5.82 Å². The number of hydrogen-bond donors (Lipinski definition) is 0. The number of hydrogen-bond acceptors (Lipinski definition) is 5. The highest BCUT2D eigenvalue weighted by molar-refractivity contribution is 7.99. The van der Waals surface area contributed by atoms with Crippen molar-refractivity contribution in [1.29, 1.82) is 0 Å². The molecule has 1 aromatic carbocycles. The first kappa shape index (κ1) is 15.5. The molecule has 0 amide bonds. The van der Waals surface area contributed by atoms with Gasteiger partial charge in [-0.15, -0.1) is 10.2 Å². The van der Waals surface area contributed by atoms with Gasteiger partial charge in [-0.25, -0.2) is 0 Å². The average Bonchev–Trinajstić information content (AvgIpc) is 3.37. The molecule has 0 radical (unpaired) electrons. The zero-order chi connectivity index (χ0) is 16.2. The molecule has 0 spiro atoms. The Hall–Kier alpha value is -2.05. The molecule has 3 heterocycles. The third-order valence-electron chi connectivity index (χ3n) is 4.23. The van der Waals surface area contributed by atoms with Crippen molar-refractivity contribution in [2.75, 3.05) is 25.4 Å². The van der Waals surface area contributed by atoms with E-state index in [-0.39, 0.29) is 0 Å². The van der Waals surface area contributed by atoms with Crippen molar-refractivity contribution in [2.24, 2.45) is 0 Å². The van der Waals surface area contributed by atoms with Crippen LogP contribution in [0.5, 0.6) is 0 Å². The second-order valence-electron chi connectivity index (χ2n) is 5.85. The Morgan fingerprint density at radius 1 is 1.00 bits per heavy atom. The van der Waals surface area contributed by atoms with E-state index in [9.17, 15) is 0 Å². The molecule has 0 unspecified atom stereocenters. The van der Waals surface area contributed by atoms with E-state index in [0.29, 0.717) is 0 Å². The van der Waals surface area contributed by atoms with Gasteiger partial charge in [-0.3, -0.25) is 4.57 Å². The minimum atomic E-state index is 0.734. The SMILES string of the molecule is c1ccc(-n2c(SCCN3CCCC3)nnc2-c2ccco2)cc1. The summed E-state index contributed by atoms with van der Waals surface area (Å²) in [5, 5.41) is 9.69. The quantitative estimate of drug-likeness (QED) is 0.640. The summed E-state index contributed by atoms with van der Waals surface area (Å²) in [5.74, 6) is 2.50. The molecule has 0 atom stereocenters. The first-order chi connectivity index (χ1) is 11.9. The van der Waals surface area contributed by atoms with E-state index in [4.69, 9.17) is 4.42 Å². The van der Waals surface area contributed by atoms with Crippen molar-refractivity contribution >= 4 is 11.8 Å². The van der Waals surface area contributed by atoms with Crippen molar-refractivity contribution in [3.63, 3.8) is 0 Å². The van der Waals surface area contributed by atoms with Crippen molar-refractivity contribution < 1.29 is 4.42 Å². The molecule has 6 heteroatoms. The van der Waals surface area contributed by atoms with Gasteiger partial charge in [-0.1, -0.05) is 30.0 Å². The Balaban J connectivity index is 1.59. The Bertz CT molecular complexity index is 764. The van der Waals surface area contributed by atoms with Gasteiger partial charge in [0.25, 0.3) is 0 Å². The Kier molecular flexibility index (Phi) is 4.66. The van der Waals surface area contributed by atoms with Crippen LogP contribution < -0.4 is 0 Å². The van der Waals surface area contributed by atoms with Gasteiger partial charge in [0.1, 0.15) is 0 Å². The summed E-state index contributed by atoms with van der Waals surface area (Å²) in [6.07, 6.45) is 4.32. The van der Waals surface area contributed by atoms with Gasteiger partial charge >= 0.3 is 0 Å². The summed E-state index contributed by atoms with van der Waals surface area (Å²) < 4.78 is 7.62. The van der Waals surface area contributed by atoms with E-state index in [1.54, 1.807) is 18.0 Å². The highest BCUT2D eigenvalue weighted by atomic mass is 32.2. The van der Waals surface area contributed by atoms with E-state index < -0.39 is 0 Å². The lowest BCUT2D eigenvalue weighted by Gasteiger charge is -2.14. The molecule has 1 fully saturated rings. The van der Waals surface area contributed by atoms with E-state index in [2.05, 4.69) is 31.8 Å². The highest BCUT2D eigenvalue weighted by Crippen LogP contribution is 2.28. The molecule has 3 aromatic rings. The summed E-state index contributed by atoms with van der Waals surface area (Å²) >= 11 is 1.75. The van der Waals surface area contributed by atoms with Crippen LogP contribution in [0.15, 0.2) is 58.3 Å². The largest absolute Gasteiger partial charge is 0.461 e. The van der Waals surface area contributed by atoms with Crippen LogP contribution in [0.4, 0.5) is 0 Å². The van der Waals surface area contributed by atoms with Crippen molar-refractivity contribution in [2.45, 2.75) is 18.0 Å².